The van der Waals surface area contributed by atoms with E-state index in [0.29, 0.717) is 15.0 Å². The van der Waals surface area contributed by atoms with Crippen LogP contribution in [0.25, 0.3) is 5.69 Å². The highest BCUT2D eigenvalue weighted by Crippen LogP contribution is 2.39. The summed E-state index contributed by atoms with van der Waals surface area (Å²) < 4.78 is 29.8. The van der Waals surface area contributed by atoms with Gasteiger partial charge in [0.1, 0.15) is 11.4 Å². The molecule has 0 aromatic heterocycles. The Kier molecular flexibility index (Phi) is 6.77. The molecule has 2 N–H and O–H groups in total. The highest BCUT2D eigenvalue weighted by molar-refractivity contribution is 8.01. The van der Waals surface area contributed by atoms with Crippen LogP contribution in [0.3, 0.4) is 0 Å². The van der Waals surface area contributed by atoms with Crippen LogP contribution in [0.1, 0.15) is 41.2 Å². The first kappa shape index (κ1) is 23.3. The van der Waals surface area contributed by atoms with Gasteiger partial charge in [0.15, 0.2) is 5.82 Å². The number of hydrogen-bond donors (Lipinski definition) is 2. The van der Waals surface area contributed by atoms with Gasteiger partial charge in [0.2, 0.25) is 0 Å². The van der Waals surface area contributed by atoms with Crippen LogP contribution in [0, 0.1) is 19.8 Å². The average molecular weight is 482 g/mol. The van der Waals surface area contributed by atoms with Crippen molar-refractivity contribution in [2.24, 2.45) is 5.92 Å². The van der Waals surface area contributed by atoms with Crippen molar-refractivity contribution in [2.75, 3.05) is 10.5 Å². The summed E-state index contributed by atoms with van der Waals surface area (Å²) >= 11 is 2.67. The standard InChI is InChI=1S/C20H23N3O5S3/c1-11(2)9-10-29-19-16-17(22-31(27,28)14-7-5-12(3)6-8-14)21-20(26)23(16)15(18(24)25)13(4)30-19/h5-8,11H,9-10H2,1-4H3,(H,24,25)(H,21,22,26). The third-order valence-corrected chi connectivity index (χ3v) is 8.27. The average Bonchev–Trinajstić information content (AvgIpc) is 2.96. The summed E-state index contributed by atoms with van der Waals surface area (Å²) in [4.78, 5) is 28.8. The molecule has 31 heavy (non-hydrogen) atoms. The van der Waals surface area contributed by atoms with Crippen LogP contribution >= 0.6 is 23.1 Å². The smallest absolute Gasteiger partial charge is 0.355 e. The van der Waals surface area contributed by atoms with Crippen LogP contribution in [0.4, 0.5) is 5.82 Å². The molecular weight excluding hydrogens is 458 g/mol. The Labute approximate surface area is 188 Å². The number of hydrogen-bond acceptors (Lipinski definition) is 7. The summed E-state index contributed by atoms with van der Waals surface area (Å²) in [7, 11) is -4.02. The topological polar surface area (TPSA) is 118 Å². The largest absolute Gasteiger partial charge is 0.477 e. The fourth-order valence-electron chi connectivity index (χ4n) is 2.89. The molecule has 2 heterocycles. The van der Waals surface area contributed by atoms with Crippen LogP contribution < -0.4 is 10.4 Å². The highest BCUT2D eigenvalue weighted by Gasteiger charge is 2.30. The quantitative estimate of drug-likeness (QED) is 0.467. The monoisotopic (exact) mass is 481 g/mol. The van der Waals surface area contributed by atoms with Crippen LogP contribution in [-0.2, 0) is 10.0 Å². The van der Waals surface area contributed by atoms with E-state index >= 15 is 0 Å². The minimum Gasteiger partial charge on any atom is -0.477 e. The molecule has 2 aliphatic rings. The number of benzene rings is 1. The van der Waals surface area contributed by atoms with Gasteiger partial charge in [0, 0.05) is 4.88 Å². The van der Waals surface area contributed by atoms with Crippen LogP contribution in [-0.4, -0.2) is 34.8 Å². The molecule has 0 saturated carbocycles. The first-order valence-corrected chi connectivity index (χ1v) is 12.8. The van der Waals surface area contributed by atoms with Gasteiger partial charge in [-0.05, 0) is 44.1 Å². The Morgan fingerprint density at radius 3 is 2.48 bits per heavy atom. The van der Waals surface area contributed by atoms with E-state index in [2.05, 4.69) is 23.6 Å². The second kappa shape index (κ2) is 9.01. The van der Waals surface area contributed by atoms with E-state index in [1.807, 2.05) is 6.92 Å². The molecule has 2 aliphatic heterocycles. The number of imidazole rings is 1. The van der Waals surface area contributed by atoms with E-state index in [0.717, 1.165) is 22.3 Å². The summed E-state index contributed by atoms with van der Waals surface area (Å²) in [6.45, 7) is 7.64. The van der Waals surface area contributed by atoms with Gasteiger partial charge in [-0.25, -0.2) is 22.6 Å². The first-order valence-electron chi connectivity index (χ1n) is 9.53. The van der Waals surface area contributed by atoms with Gasteiger partial charge in [0.05, 0.1) is 9.10 Å². The predicted molar refractivity (Wildman–Crippen MR) is 123 cm³/mol. The molecule has 11 heteroatoms. The summed E-state index contributed by atoms with van der Waals surface area (Å²) in [5.74, 6) is -0.247. The van der Waals surface area contributed by atoms with Gasteiger partial charge in [-0.3, -0.25) is 4.72 Å². The Hall–Kier alpha value is -2.37. The molecule has 8 nitrogen and oxygen atoms in total. The number of anilines is 1. The molecular formula is C20H23N3O5S3. The second-order valence-electron chi connectivity index (χ2n) is 7.48. The summed E-state index contributed by atoms with van der Waals surface area (Å²) in [6, 6.07) is 6.25. The molecule has 0 bridgehead atoms. The van der Waals surface area contributed by atoms with Crippen molar-refractivity contribution in [2.45, 2.75) is 43.2 Å². The lowest BCUT2D eigenvalue weighted by Crippen LogP contribution is -2.22. The Morgan fingerprint density at radius 1 is 1.26 bits per heavy atom. The molecule has 0 atom stereocenters. The zero-order valence-corrected chi connectivity index (χ0v) is 19.9. The van der Waals surface area contributed by atoms with Crippen LogP contribution in [0.5, 0.6) is 0 Å². The molecule has 0 aliphatic carbocycles. The minimum absolute atomic E-state index is 0.0231. The number of rotatable bonds is 8. The lowest BCUT2D eigenvalue weighted by atomic mass is 10.2. The summed E-state index contributed by atoms with van der Waals surface area (Å²) in [5.41, 5.74) is 0.0185. The number of sulfonamides is 1. The maximum absolute atomic E-state index is 12.9. The summed E-state index contributed by atoms with van der Waals surface area (Å²) in [5, 5.41) is 9.65. The number of carbonyl (C=O) groups is 1. The normalized spacial score (nSPS) is 11.9. The van der Waals surface area contributed by atoms with Gasteiger partial charge in [-0.15, -0.1) is 23.1 Å². The van der Waals surface area contributed by atoms with Gasteiger partial charge in [0.25, 0.3) is 10.0 Å². The first-order chi connectivity index (χ1) is 14.5. The van der Waals surface area contributed by atoms with E-state index < -0.39 is 21.7 Å². The van der Waals surface area contributed by atoms with Crippen molar-refractivity contribution in [3.05, 3.63) is 50.9 Å². The molecule has 1 aromatic carbocycles. The Morgan fingerprint density at radius 2 is 1.90 bits per heavy atom. The van der Waals surface area contributed by atoms with E-state index in [-0.39, 0.29) is 22.1 Å². The van der Waals surface area contributed by atoms with Crippen molar-refractivity contribution in [1.29, 1.82) is 0 Å². The third-order valence-electron chi connectivity index (χ3n) is 4.54. The molecule has 3 rings (SSSR count). The molecule has 1 aromatic rings. The molecule has 166 valence electrons. The molecule has 0 spiro atoms. The van der Waals surface area contributed by atoms with Gasteiger partial charge < -0.3 is 5.11 Å². The van der Waals surface area contributed by atoms with Gasteiger partial charge >= 0.3 is 11.7 Å². The molecule has 0 radical (unpaired) electrons. The zero-order valence-electron chi connectivity index (χ0n) is 17.5. The zero-order chi connectivity index (χ0) is 22.9. The van der Waals surface area contributed by atoms with Gasteiger partial charge in [-0.1, -0.05) is 31.5 Å². The maximum Gasteiger partial charge on any atom is 0.355 e. The number of nitrogens with one attached hydrogen (secondary N) is 1. The fourth-order valence-corrected chi connectivity index (χ4v) is 6.70. The Bertz CT molecular complexity index is 1240. The maximum atomic E-state index is 12.9. The van der Waals surface area contributed by atoms with Crippen molar-refractivity contribution >= 4 is 44.9 Å². The number of carboxylic acid groups (broad SMARTS) is 1. The van der Waals surface area contributed by atoms with Crippen LogP contribution in [0.15, 0.2) is 38.2 Å². The van der Waals surface area contributed by atoms with E-state index in [9.17, 15) is 23.1 Å². The second-order valence-corrected chi connectivity index (χ2v) is 11.7. The number of aromatic carboxylic acids is 1. The van der Waals surface area contributed by atoms with E-state index in [4.69, 9.17) is 0 Å². The number of nitrogens with zero attached hydrogens (tertiary/aromatic N) is 2. The SMILES string of the molecule is Cc1ccc(S(=O)(=O)Nc2nc(=O)n3c(C(=O)O)c(C)sc(SCCC(C)C)c2-3)cc1. The van der Waals surface area contributed by atoms with Crippen molar-refractivity contribution in [1.82, 2.24) is 9.55 Å². The van der Waals surface area contributed by atoms with E-state index in [1.54, 1.807) is 19.1 Å². The molecule has 0 fully saturated rings. The molecule has 0 unspecified atom stereocenters. The molecule has 0 saturated heterocycles. The molecule has 0 amide bonds. The lowest BCUT2D eigenvalue weighted by molar-refractivity contribution is 0.0686. The van der Waals surface area contributed by atoms with Crippen molar-refractivity contribution < 1.29 is 18.3 Å². The Balaban J connectivity index is 2.13. The number of aromatic nitrogens is 2. The third kappa shape index (κ3) is 4.94. The highest BCUT2D eigenvalue weighted by atomic mass is 32.2. The van der Waals surface area contributed by atoms with E-state index in [1.165, 1.54) is 35.2 Å². The van der Waals surface area contributed by atoms with Crippen molar-refractivity contribution in [3.63, 3.8) is 0 Å². The summed E-state index contributed by atoms with van der Waals surface area (Å²) in [6.07, 6.45) is 0.909. The number of thioether (sulfide) groups is 1. The number of fused-ring (bicyclic) bond motifs is 1. The fraction of sp³-hybridized carbons (Fsp3) is 0.350. The van der Waals surface area contributed by atoms with Gasteiger partial charge in [-0.2, -0.15) is 4.98 Å². The lowest BCUT2D eigenvalue weighted by Gasteiger charge is -2.16. The number of aryl methyl sites for hydroxylation is 2. The minimum atomic E-state index is -4.02. The predicted octanol–water partition coefficient (Wildman–Crippen LogP) is 3.99. The number of carboxylic acids is 1. The van der Waals surface area contributed by atoms with Crippen LogP contribution in [0.2, 0.25) is 0 Å². The van der Waals surface area contributed by atoms with Crippen molar-refractivity contribution in [3.8, 4) is 5.69 Å².